The van der Waals surface area contributed by atoms with E-state index in [0.717, 1.165) is 10.1 Å². The summed E-state index contributed by atoms with van der Waals surface area (Å²) < 4.78 is 36.7. The minimum Gasteiger partial charge on any atom is -0.342 e. The van der Waals surface area contributed by atoms with Gasteiger partial charge in [-0.2, -0.15) is 13.2 Å². The smallest absolute Gasteiger partial charge is 0.342 e. The van der Waals surface area contributed by atoms with E-state index in [1.54, 1.807) is 6.07 Å². The number of rotatable bonds is 2. The molecular weight excluding hydrogens is 251 g/mol. The monoisotopic (exact) mass is 259 g/mol. The minimum atomic E-state index is -4.38. The van der Waals surface area contributed by atoms with Crippen LogP contribution in [0.1, 0.15) is 9.67 Å². The molecule has 0 spiro atoms. The number of alkyl halides is 3. The lowest BCUT2D eigenvalue weighted by Crippen LogP contribution is -2.33. The zero-order valence-electron chi connectivity index (χ0n) is 8.54. The molecule has 0 saturated heterocycles. The van der Waals surface area contributed by atoms with E-state index in [9.17, 15) is 18.0 Å². The Labute approximate surface area is 99.1 Å². The molecule has 0 radical (unpaired) electrons. The van der Waals surface area contributed by atoms with Gasteiger partial charge in [-0.25, -0.2) is 0 Å². The average molecular weight is 259 g/mol. The molecule has 1 aromatic heterocycles. The Kier molecular flexibility index (Phi) is 3.06. The highest BCUT2D eigenvalue weighted by atomic mass is 32.1. The maximum Gasteiger partial charge on any atom is 0.405 e. The van der Waals surface area contributed by atoms with E-state index >= 15 is 0 Å². The molecule has 1 heterocycles. The Bertz CT molecular complexity index is 514. The molecule has 0 aliphatic heterocycles. The summed E-state index contributed by atoms with van der Waals surface area (Å²) in [6.45, 7) is -1.31. The van der Waals surface area contributed by atoms with Crippen molar-refractivity contribution in [3.8, 4) is 0 Å². The highest BCUT2D eigenvalue weighted by molar-refractivity contribution is 7.20. The van der Waals surface area contributed by atoms with E-state index in [4.69, 9.17) is 0 Å². The van der Waals surface area contributed by atoms with Gasteiger partial charge >= 0.3 is 6.18 Å². The van der Waals surface area contributed by atoms with Crippen molar-refractivity contribution in [3.63, 3.8) is 0 Å². The molecule has 17 heavy (non-hydrogen) atoms. The van der Waals surface area contributed by atoms with Gasteiger partial charge in [0.1, 0.15) is 6.54 Å². The minimum absolute atomic E-state index is 0.287. The molecule has 0 bridgehead atoms. The van der Waals surface area contributed by atoms with Gasteiger partial charge in [-0.3, -0.25) is 4.79 Å². The van der Waals surface area contributed by atoms with Crippen molar-refractivity contribution >= 4 is 27.3 Å². The normalized spacial score (nSPS) is 11.7. The van der Waals surface area contributed by atoms with Crippen molar-refractivity contribution in [1.82, 2.24) is 5.32 Å². The van der Waals surface area contributed by atoms with E-state index in [1.165, 1.54) is 11.3 Å². The van der Waals surface area contributed by atoms with Gasteiger partial charge in [0.05, 0.1) is 4.88 Å². The summed E-state index contributed by atoms with van der Waals surface area (Å²) >= 11 is 1.18. The molecule has 1 aromatic carbocycles. The van der Waals surface area contributed by atoms with Crippen LogP contribution in [0.25, 0.3) is 10.1 Å². The predicted molar refractivity (Wildman–Crippen MR) is 60.2 cm³/mol. The Balaban J connectivity index is 2.14. The highest BCUT2D eigenvalue weighted by Gasteiger charge is 2.28. The van der Waals surface area contributed by atoms with Crippen LogP contribution in [0.4, 0.5) is 13.2 Å². The fourth-order valence-corrected chi connectivity index (χ4v) is 2.34. The standard InChI is InChI=1S/C11H8F3NOS/c12-11(13,14)6-15-10(16)9-5-7-3-1-2-4-8(7)17-9/h1-5H,6H2,(H,15,16). The third-order valence-corrected chi connectivity index (χ3v) is 3.21. The number of benzene rings is 1. The van der Waals surface area contributed by atoms with Crippen molar-refractivity contribution in [1.29, 1.82) is 0 Å². The molecule has 0 unspecified atom stereocenters. The molecule has 6 heteroatoms. The van der Waals surface area contributed by atoms with Crippen LogP contribution in [0.15, 0.2) is 30.3 Å². The number of hydrogen-bond donors (Lipinski definition) is 1. The van der Waals surface area contributed by atoms with Crippen LogP contribution in [0.2, 0.25) is 0 Å². The number of amides is 1. The molecule has 90 valence electrons. The Hall–Kier alpha value is -1.56. The number of carbonyl (C=O) groups is 1. The molecule has 0 aliphatic rings. The number of fused-ring (bicyclic) bond motifs is 1. The summed E-state index contributed by atoms with van der Waals surface area (Å²) in [7, 11) is 0. The van der Waals surface area contributed by atoms with Gasteiger partial charge < -0.3 is 5.32 Å². The second-order valence-corrected chi connectivity index (χ2v) is 4.53. The molecule has 0 aliphatic carbocycles. The first-order valence-electron chi connectivity index (χ1n) is 4.79. The van der Waals surface area contributed by atoms with Crippen molar-refractivity contribution < 1.29 is 18.0 Å². The van der Waals surface area contributed by atoms with Crippen molar-refractivity contribution in [2.24, 2.45) is 0 Å². The first kappa shape index (κ1) is 11.9. The molecule has 0 saturated carbocycles. The number of nitrogens with one attached hydrogen (secondary N) is 1. The second-order valence-electron chi connectivity index (χ2n) is 3.45. The molecule has 2 aromatic rings. The third kappa shape index (κ3) is 2.97. The van der Waals surface area contributed by atoms with E-state index in [1.807, 2.05) is 29.6 Å². The summed E-state index contributed by atoms with van der Waals surface area (Å²) in [5.74, 6) is -0.691. The molecule has 1 amide bonds. The van der Waals surface area contributed by atoms with Crippen molar-refractivity contribution in [2.45, 2.75) is 6.18 Å². The van der Waals surface area contributed by atoms with Crippen LogP contribution in [0, 0.1) is 0 Å². The van der Waals surface area contributed by atoms with E-state index < -0.39 is 18.6 Å². The van der Waals surface area contributed by atoms with Crippen molar-refractivity contribution in [3.05, 3.63) is 35.2 Å². The zero-order valence-corrected chi connectivity index (χ0v) is 9.36. The lowest BCUT2D eigenvalue weighted by Gasteiger charge is -2.06. The quantitative estimate of drug-likeness (QED) is 0.881. The fraction of sp³-hybridized carbons (Fsp3) is 0.182. The highest BCUT2D eigenvalue weighted by Crippen LogP contribution is 2.25. The van der Waals surface area contributed by atoms with Gasteiger partial charge in [-0.15, -0.1) is 11.3 Å². The number of carbonyl (C=O) groups excluding carboxylic acids is 1. The lowest BCUT2D eigenvalue weighted by molar-refractivity contribution is -0.123. The Morgan fingerprint density at radius 2 is 2.00 bits per heavy atom. The predicted octanol–water partition coefficient (Wildman–Crippen LogP) is 3.19. The maximum absolute atomic E-state index is 11.9. The molecule has 2 rings (SSSR count). The van der Waals surface area contributed by atoms with Crippen LogP contribution >= 0.6 is 11.3 Å². The van der Waals surface area contributed by atoms with Gasteiger partial charge in [-0.05, 0) is 17.5 Å². The summed E-state index contributed by atoms with van der Waals surface area (Å²) in [5, 5.41) is 2.70. The van der Waals surface area contributed by atoms with Crippen LogP contribution in [-0.2, 0) is 0 Å². The third-order valence-electron chi connectivity index (χ3n) is 2.10. The Morgan fingerprint density at radius 3 is 2.65 bits per heavy atom. The molecule has 0 atom stereocenters. The maximum atomic E-state index is 11.9. The molecular formula is C11H8F3NOS. The van der Waals surface area contributed by atoms with Gasteiger partial charge in [0, 0.05) is 4.70 Å². The van der Waals surface area contributed by atoms with Gasteiger partial charge in [0.2, 0.25) is 0 Å². The average Bonchev–Trinajstić information content (AvgIpc) is 2.68. The largest absolute Gasteiger partial charge is 0.405 e. The first-order chi connectivity index (χ1) is 7.96. The van der Waals surface area contributed by atoms with Crippen LogP contribution in [0.5, 0.6) is 0 Å². The summed E-state index contributed by atoms with van der Waals surface area (Å²) in [4.78, 5) is 11.7. The van der Waals surface area contributed by atoms with Crippen molar-refractivity contribution in [2.75, 3.05) is 6.54 Å². The summed E-state index contributed by atoms with van der Waals surface area (Å²) in [6, 6.07) is 8.85. The van der Waals surface area contributed by atoms with Crippen LogP contribution < -0.4 is 5.32 Å². The number of thiophene rings is 1. The van der Waals surface area contributed by atoms with Crippen LogP contribution in [-0.4, -0.2) is 18.6 Å². The molecule has 0 fully saturated rings. The van der Waals surface area contributed by atoms with E-state index in [2.05, 4.69) is 0 Å². The number of halogens is 3. The fourth-order valence-electron chi connectivity index (χ4n) is 1.36. The summed E-state index contributed by atoms with van der Waals surface area (Å²) in [6.07, 6.45) is -4.38. The second kappa shape index (κ2) is 4.37. The van der Waals surface area contributed by atoms with Crippen LogP contribution in [0.3, 0.4) is 0 Å². The first-order valence-corrected chi connectivity index (χ1v) is 5.61. The summed E-state index contributed by atoms with van der Waals surface area (Å²) in [5.41, 5.74) is 0. The number of hydrogen-bond acceptors (Lipinski definition) is 2. The lowest BCUT2D eigenvalue weighted by atomic mass is 10.2. The van der Waals surface area contributed by atoms with Gasteiger partial charge in [0.25, 0.3) is 5.91 Å². The van der Waals surface area contributed by atoms with Gasteiger partial charge in [-0.1, -0.05) is 18.2 Å². The molecule has 2 nitrogen and oxygen atoms in total. The Morgan fingerprint density at radius 1 is 1.29 bits per heavy atom. The molecule has 1 N–H and O–H groups in total. The zero-order chi connectivity index (χ0) is 12.5. The van der Waals surface area contributed by atoms with E-state index in [0.29, 0.717) is 0 Å². The van der Waals surface area contributed by atoms with E-state index in [-0.39, 0.29) is 4.88 Å². The van der Waals surface area contributed by atoms with Gasteiger partial charge in [0.15, 0.2) is 0 Å². The topological polar surface area (TPSA) is 29.1 Å². The SMILES string of the molecule is O=C(NCC(F)(F)F)c1cc2ccccc2s1.